The maximum absolute atomic E-state index is 13.1. The Labute approximate surface area is 209 Å². The van der Waals surface area contributed by atoms with Gasteiger partial charge in [0.1, 0.15) is 0 Å². The van der Waals surface area contributed by atoms with Crippen LogP contribution in [0.3, 0.4) is 0 Å². The summed E-state index contributed by atoms with van der Waals surface area (Å²) in [5, 5.41) is 33.2. The maximum atomic E-state index is 13.1. The first-order chi connectivity index (χ1) is 17.5. The minimum absolute atomic E-state index is 0.00138. The Hall–Kier alpha value is -4.76. The van der Waals surface area contributed by atoms with Crippen LogP contribution in [-0.2, 0) is 28.7 Å². The highest BCUT2D eigenvalue weighted by molar-refractivity contribution is 6.00. The van der Waals surface area contributed by atoms with E-state index in [2.05, 4.69) is 15.0 Å². The third-order valence-electron chi connectivity index (χ3n) is 5.08. The average molecular weight is 524 g/mol. The molecule has 0 bridgehead atoms. The lowest BCUT2D eigenvalue weighted by Crippen LogP contribution is -2.33. The number of nitro groups is 1. The second kappa shape index (κ2) is 13.4. The van der Waals surface area contributed by atoms with Gasteiger partial charge in [0.15, 0.2) is 0 Å². The zero-order valence-corrected chi connectivity index (χ0v) is 19.9. The minimum atomic E-state index is -1.26. The quantitative estimate of drug-likeness (QED) is 0.160. The molecular formula is C21H24N4O12. The van der Waals surface area contributed by atoms with Crippen molar-refractivity contribution < 1.29 is 43.8 Å². The third-order valence-corrected chi connectivity index (χ3v) is 5.08. The fourth-order valence-electron chi connectivity index (χ4n) is 3.63. The fourth-order valence-corrected chi connectivity index (χ4v) is 3.63. The van der Waals surface area contributed by atoms with Crippen LogP contribution in [0.4, 0.5) is 5.69 Å². The molecule has 0 saturated heterocycles. The predicted octanol–water partition coefficient (Wildman–Crippen LogP) is 2.11. The van der Waals surface area contributed by atoms with E-state index in [4.69, 9.17) is 9.47 Å². The first-order valence-electron chi connectivity index (χ1n) is 10.8. The van der Waals surface area contributed by atoms with Crippen molar-refractivity contribution in [2.24, 2.45) is 0 Å². The van der Waals surface area contributed by atoms with E-state index >= 15 is 0 Å². The predicted molar refractivity (Wildman–Crippen MR) is 121 cm³/mol. The number of carbonyl (C=O) groups excluding carboxylic acids is 2. The summed E-state index contributed by atoms with van der Waals surface area (Å²) >= 11 is 0. The number of hydrogen-bond donors (Lipinski definition) is 1. The summed E-state index contributed by atoms with van der Waals surface area (Å²) in [4.78, 5) is 66.2. The monoisotopic (exact) mass is 524 g/mol. The third kappa shape index (κ3) is 7.87. The number of esters is 2. The summed E-state index contributed by atoms with van der Waals surface area (Å²) in [6.45, 7) is 1.89. The van der Waals surface area contributed by atoms with Gasteiger partial charge in [-0.1, -0.05) is 18.2 Å². The van der Waals surface area contributed by atoms with E-state index in [0.29, 0.717) is 0 Å². The van der Waals surface area contributed by atoms with E-state index in [0.717, 1.165) is 0 Å². The van der Waals surface area contributed by atoms with Crippen molar-refractivity contribution >= 4 is 17.6 Å². The van der Waals surface area contributed by atoms with Crippen LogP contribution in [0.5, 0.6) is 0 Å². The molecule has 37 heavy (non-hydrogen) atoms. The molecule has 0 unspecified atom stereocenters. The van der Waals surface area contributed by atoms with Gasteiger partial charge in [-0.2, -0.15) is 0 Å². The smallest absolute Gasteiger partial charge is 0.336 e. The largest absolute Gasteiger partial charge is 0.462 e. The zero-order valence-electron chi connectivity index (χ0n) is 19.9. The molecule has 16 heteroatoms. The van der Waals surface area contributed by atoms with Crippen molar-refractivity contribution in [2.45, 2.75) is 32.6 Å². The molecule has 1 heterocycles. The number of allylic oxidation sites excluding steroid dienone is 2. The van der Waals surface area contributed by atoms with Crippen molar-refractivity contribution in [2.75, 3.05) is 26.4 Å². The lowest BCUT2D eigenvalue weighted by atomic mass is 9.79. The maximum Gasteiger partial charge on any atom is 0.336 e. The molecule has 0 fully saturated rings. The molecule has 1 aromatic carbocycles. The SMILES string of the molecule is CC1=C(C(=O)OCCCO[N+](=O)[O-])C(c2ccccc2[N+](=O)[O-])C(C(=O)OCCCO[N+](=O)[O-])=C(C)N1. The number of nitro benzene ring substituents is 1. The molecule has 1 aromatic rings. The van der Waals surface area contributed by atoms with Crippen LogP contribution in [0.2, 0.25) is 0 Å². The van der Waals surface area contributed by atoms with Gasteiger partial charge >= 0.3 is 11.9 Å². The van der Waals surface area contributed by atoms with Crippen LogP contribution in [0.1, 0.15) is 38.2 Å². The number of carbonyl (C=O) groups is 2. The molecule has 0 aliphatic carbocycles. The number of para-hydroxylation sites is 1. The summed E-state index contributed by atoms with van der Waals surface area (Å²) in [5.74, 6) is -3.08. The Morgan fingerprint density at radius 2 is 1.27 bits per heavy atom. The highest BCUT2D eigenvalue weighted by Gasteiger charge is 2.40. The molecule has 0 radical (unpaired) electrons. The van der Waals surface area contributed by atoms with Gasteiger partial charge in [0.25, 0.3) is 15.9 Å². The molecule has 1 N–H and O–H groups in total. The Morgan fingerprint density at radius 3 is 1.70 bits per heavy atom. The van der Waals surface area contributed by atoms with E-state index < -0.39 is 33.0 Å². The number of hydrogen-bond acceptors (Lipinski definition) is 13. The van der Waals surface area contributed by atoms with Gasteiger partial charge in [-0.15, -0.1) is 20.2 Å². The van der Waals surface area contributed by atoms with E-state index in [1.165, 1.54) is 38.1 Å². The van der Waals surface area contributed by atoms with E-state index in [1.54, 1.807) is 0 Å². The van der Waals surface area contributed by atoms with E-state index in [1.807, 2.05) is 0 Å². The van der Waals surface area contributed by atoms with Crippen molar-refractivity contribution in [3.63, 3.8) is 0 Å². The zero-order chi connectivity index (χ0) is 27.5. The van der Waals surface area contributed by atoms with Crippen LogP contribution < -0.4 is 5.32 Å². The number of dihydropyridines is 1. The first-order valence-corrected chi connectivity index (χ1v) is 10.8. The summed E-state index contributed by atoms with van der Waals surface area (Å²) in [7, 11) is 0. The lowest BCUT2D eigenvalue weighted by Gasteiger charge is -2.30. The van der Waals surface area contributed by atoms with Gasteiger partial charge in [-0.05, 0) is 13.8 Å². The second-order valence-electron chi connectivity index (χ2n) is 7.54. The molecule has 0 saturated carbocycles. The molecule has 0 amide bonds. The van der Waals surface area contributed by atoms with Gasteiger partial charge < -0.3 is 24.5 Å². The number of rotatable bonds is 14. The number of nitrogens with zero attached hydrogens (tertiary/aromatic N) is 3. The summed E-state index contributed by atoms with van der Waals surface area (Å²) in [5.41, 5.74) is 0.00745. The Morgan fingerprint density at radius 1 is 0.811 bits per heavy atom. The highest BCUT2D eigenvalue weighted by atomic mass is 17.0. The van der Waals surface area contributed by atoms with Gasteiger partial charge in [-0.25, -0.2) is 9.59 Å². The fraction of sp³-hybridized carbons (Fsp3) is 0.429. The van der Waals surface area contributed by atoms with Crippen molar-refractivity contribution in [3.05, 3.63) is 82.7 Å². The molecule has 1 aliphatic rings. The van der Waals surface area contributed by atoms with Gasteiger partial charge in [0, 0.05) is 35.9 Å². The first kappa shape index (κ1) is 28.5. The Bertz CT molecular complexity index is 1070. The molecule has 0 aromatic heterocycles. The van der Waals surface area contributed by atoms with E-state index in [9.17, 15) is 39.9 Å². The lowest BCUT2D eigenvalue weighted by molar-refractivity contribution is -0.757. The van der Waals surface area contributed by atoms with Crippen molar-refractivity contribution in [3.8, 4) is 0 Å². The van der Waals surface area contributed by atoms with Crippen LogP contribution in [0.25, 0.3) is 0 Å². The van der Waals surface area contributed by atoms with Gasteiger partial charge in [-0.3, -0.25) is 10.1 Å². The molecule has 2 rings (SSSR count). The number of nitrogens with one attached hydrogen (secondary N) is 1. The molecule has 16 nitrogen and oxygen atoms in total. The normalized spacial score (nSPS) is 13.5. The van der Waals surface area contributed by atoms with Crippen LogP contribution in [0, 0.1) is 30.3 Å². The minimum Gasteiger partial charge on any atom is -0.462 e. The Kier molecular flexibility index (Phi) is 10.3. The molecule has 0 atom stereocenters. The van der Waals surface area contributed by atoms with Crippen LogP contribution in [0.15, 0.2) is 46.8 Å². The molecule has 200 valence electrons. The van der Waals surface area contributed by atoms with E-state index in [-0.39, 0.29) is 73.1 Å². The molecule has 0 spiro atoms. The van der Waals surface area contributed by atoms with Crippen LogP contribution in [-0.4, -0.2) is 53.5 Å². The highest BCUT2D eigenvalue weighted by Crippen LogP contribution is 2.42. The topological polar surface area (TPSA) is 213 Å². The standard InChI is InChI=1S/C21H24N4O12/c1-13-17(20(26)34-9-5-11-36-24(30)31)19(15-7-3-4-8-16(15)23(28)29)18(14(2)22-13)21(27)35-10-6-12-37-25(32)33/h3-4,7-8,19,22H,5-6,9-12H2,1-2H3. The molecular weight excluding hydrogens is 500 g/mol. The van der Waals surface area contributed by atoms with Crippen LogP contribution >= 0.6 is 0 Å². The van der Waals surface area contributed by atoms with Crippen molar-refractivity contribution in [1.82, 2.24) is 5.32 Å². The molecule has 1 aliphatic heterocycles. The average Bonchev–Trinajstić information content (AvgIpc) is 2.82. The number of benzene rings is 1. The van der Waals surface area contributed by atoms with Gasteiger partial charge in [0.05, 0.1) is 48.4 Å². The van der Waals surface area contributed by atoms with Crippen molar-refractivity contribution in [1.29, 1.82) is 0 Å². The summed E-state index contributed by atoms with van der Waals surface area (Å²) in [6.07, 6.45) is -0.00275. The summed E-state index contributed by atoms with van der Waals surface area (Å²) < 4.78 is 10.4. The summed E-state index contributed by atoms with van der Waals surface area (Å²) in [6, 6.07) is 5.55. The Balaban J connectivity index is 2.38. The second-order valence-corrected chi connectivity index (χ2v) is 7.54. The van der Waals surface area contributed by atoms with Gasteiger partial charge in [0.2, 0.25) is 0 Å². The number of ether oxygens (including phenoxy) is 2.